The molecule has 1 aromatic heterocycles. The zero-order valence-corrected chi connectivity index (χ0v) is 20.6. The van der Waals surface area contributed by atoms with Crippen molar-refractivity contribution in [2.24, 2.45) is 0 Å². The first-order valence-corrected chi connectivity index (χ1v) is 12.4. The van der Waals surface area contributed by atoms with E-state index in [2.05, 4.69) is 0 Å². The minimum absolute atomic E-state index is 0.0647. The molecule has 1 aliphatic heterocycles. The van der Waals surface area contributed by atoms with Crippen molar-refractivity contribution in [3.63, 3.8) is 0 Å². The molecule has 1 atom stereocenters. The second-order valence-electron chi connectivity index (χ2n) is 8.45. The SMILES string of the molecule is CC(C)N(CC(=O)N1CCc2sccc2[C@@H]1COc1ccc(Cl)cc1)C(=O)c1ccc(F)cc1. The van der Waals surface area contributed by atoms with Crippen LogP contribution in [0.15, 0.2) is 60.0 Å². The summed E-state index contributed by atoms with van der Waals surface area (Å²) < 4.78 is 19.3. The van der Waals surface area contributed by atoms with E-state index in [9.17, 15) is 14.0 Å². The Kier molecular flexibility index (Phi) is 7.54. The third-order valence-electron chi connectivity index (χ3n) is 5.92. The fourth-order valence-electron chi connectivity index (χ4n) is 4.06. The predicted molar refractivity (Wildman–Crippen MR) is 132 cm³/mol. The molecule has 0 N–H and O–H groups in total. The average Bonchev–Trinajstić information content (AvgIpc) is 3.31. The molecule has 0 spiro atoms. The Morgan fingerprint density at radius 1 is 1.15 bits per heavy atom. The normalized spacial score (nSPS) is 15.2. The van der Waals surface area contributed by atoms with Crippen molar-refractivity contribution >= 4 is 34.8 Å². The van der Waals surface area contributed by atoms with Crippen LogP contribution in [0.3, 0.4) is 0 Å². The number of hydrogen-bond donors (Lipinski definition) is 0. The summed E-state index contributed by atoms with van der Waals surface area (Å²) in [5.74, 6) is -0.183. The van der Waals surface area contributed by atoms with Gasteiger partial charge in [-0.15, -0.1) is 11.3 Å². The molecule has 0 fully saturated rings. The van der Waals surface area contributed by atoms with Crippen molar-refractivity contribution in [2.45, 2.75) is 32.4 Å². The molecule has 0 saturated heterocycles. The highest BCUT2D eigenvalue weighted by molar-refractivity contribution is 7.10. The number of ether oxygens (including phenoxy) is 1. The Hall–Kier alpha value is -2.90. The number of amides is 2. The Bertz CT molecular complexity index is 1150. The van der Waals surface area contributed by atoms with Gasteiger partial charge in [0.1, 0.15) is 24.7 Å². The van der Waals surface area contributed by atoms with E-state index in [0.29, 0.717) is 29.5 Å². The van der Waals surface area contributed by atoms with E-state index in [1.807, 2.05) is 25.3 Å². The van der Waals surface area contributed by atoms with Gasteiger partial charge in [-0.1, -0.05) is 11.6 Å². The smallest absolute Gasteiger partial charge is 0.254 e. The van der Waals surface area contributed by atoms with Crippen LogP contribution in [0.1, 0.15) is 40.7 Å². The quantitative estimate of drug-likeness (QED) is 0.424. The lowest BCUT2D eigenvalue weighted by molar-refractivity contribution is -0.136. The Balaban J connectivity index is 1.52. The van der Waals surface area contributed by atoms with E-state index in [1.165, 1.54) is 34.0 Å². The summed E-state index contributed by atoms with van der Waals surface area (Å²) in [5, 5.41) is 2.66. The van der Waals surface area contributed by atoms with Crippen LogP contribution in [0.4, 0.5) is 4.39 Å². The number of carbonyl (C=O) groups is 2. The van der Waals surface area contributed by atoms with E-state index in [1.54, 1.807) is 40.5 Å². The molecule has 1 aliphatic rings. The van der Waals surface area contributed by atoms with Crippen LogP contribution in [0, 0.1) is 5.82 Å². The summed E-state index contributed by atoms with van der Waals surface area (Å²) in [7, 11) is 0. The van der Waals surface area contributed by atoms with Crippen LogP contribution >= 0.6 is 22.9 Å². The van der Waals surface area contributed by atoms with Gasteiger partial charge in [-0.25, -0.2) is 4.39 Å². The van der Waals surface area contributed by atoms with Crippen molar-refractivity contribution in [3.05, 3.63) is 86.8 Å². The van der Waals surface area contributed by atoms with Gasteiger partial charge < -0.3 is 14.5 Å². The van der Waals surface area contributed by atoms with Crippen LogP contribution < -0.4 is 4.74 Å². The average molecular weight is 501 g/mol. The number of carbonyl (C=O) groups excluding carboxylic acids is 2. The summed E-state index contributed by atoms with van der Waals surface area (Å²) in [4.78, 5) is 31.2. The number of nitrogens with zero attached hydrogens (tertiary/aromatic N) is 2. The monoisotopic (exact) mass is 500 g/mol. The highest BCUT2D eigenvalue weighted by atomic mass is 35.5. The number of rotatable bonds is 7. The fraction of sp³-hybridized carbons (Fsp3) is 0.308. The highest BCUT2D eigenvalue weighted by Crippen LogP contribution is 2.34. The zero-order chi connectivity index (χ0) is 24.2. The molecule has 0 bridgehead atoms. The van der Waals surface area contributed by atoms with Gasteiger partial charge in [0.05, 0.1) is 6.04 Å². The molecule has 3 aromatic rings. The topological polar surface area (TPSA) is 49.9 Å². The first-order chi connectivity index (χ1) is 16.3. The maximum atomic E-state index is 13.5. The molecule has 2 aromatic carbocycles. The first-order valence-electron chi connectivity index (χ1n) is 11.1. The Morgan fingerprint density at radius 2 is 1.85 bits per heavy atom. The second kappa shape index (κ2) is 10.6. The minimum atomic E-state index is -0.410. The Labute approximate surface area is 207 Å². The summed E-state index contributed by atoms with van der Waals surface area (Å²) in [6, 6.07) is 14.1. The van der Waals surface area contributed by atoms with E-state index >= 15 is 0 Å². The summed E-state index contributed by atoms with van der Waals surface area (Å²) in [6.45, 7) is 4.51. The number of halogens is 2. The van der Waals surface area contributed by atoms with Crippen LogP contribution in [0.5, 0.6) is 5.75 Å². The first kappa shape index (κ1) is 24.2. The maximum Gasteiger partial charge on any atom is 0.254 e. The van der Waals surface area contributed by atoms with Crippen molar-refractivity contribution in [1.82, 2.24) is 9.80 Å². The Morgan fingerprint density at radius 3 is 2.53 bits per heavy atom. The molecule has 5 nitrogen and oxygen atoms in total. The molecule has 2 amide bonds. The predicted octanol–water partition coefficient (Wildman–Crippen LogP) is 5.60. The lowest BCUT2D eigenvalue weighted by Gasteiger charge is -2.37. The van der Waals surface area contributed by atoms with Gasteiger partial charge >= 0.3 is 0 Å². The summed E-state index contributed by atoms with van der Waals surface area (Å²) in [6.07, 6.45) is 0.768. The largest absolute Gasteiger partial charge is 0.491 e. The van der Waals surface area contributed by atoms with Crippen molar-refractivity contribution in [2.75, 3.05) is 19.7 Å². The summed E-state index contributed by atoms with van der Waals surface area (Å²) >= 11 is 7.65. The molecule has 8 heteroatoms. The van der Waals surface area contributed by atoms with Gasteiger partial charge in [-0.05, 0) is 85.8 Å². The molecule has 0 saturated carbocycles. The van der Waals surface area contributed by atoms with Crippen LogP contribution in [-0.2, 0) is 11.2 Å². The highest BCUT2D eigenvalue weighted by Gasteiger charge is 2.34. The van der Waals surface area contributed by atoms with Gasteiger partial charge in [0.25, 0.3) is 5.91 Å². The lowest BCUT2D eigenvalue weighted by atomic mass is 10.00. The van der Waals surface area contributed by atoms with Crippen LogP contribution in [-0.4, -0.2) is 47.4 Å². The fourth-order valence-corrected chi connectivity index (χ4v) is 5.12. The molecule has 2 heterocycles. The van der Waals surface area contributed by atoms with Crippen molar-refractivity contribution in [1.29, 1.82) is 0 Å². The van der Waals surface area contributed by atoms with E-state index in [-0.39, 0.29) is 30.4 Å². The number of hydrogen-bond acceptors (Lipinski definition) is 4. The number of benzene rings is 2. The zero-order valence-electron chi connectivity index (χ0n) is 19.0. The third kappa shape index (κ3) is 5.42. The molecule has 4 rings (SSSR count). The standard InChI is InChI=1S/C26H26ClFN2O3S/c1-17(2)30(26(32)18-3-7-20(28)8-4-18)15-25(31)29-13-11-24-22(12-14-34-24)23(29)16-33-21-9-5-19(27)6-10-21/h3-10,12,14,17,23H,11,13,15-16H2,1-2H3/t23-/m0/s1. The van der Waals surface area contributed by atoms with Gasteiger partial charge in [0.2, 0.25) is 5.91 Å². The number of fused-ring (bicyclic) bond motifs is 1. The third-order valence-corrected chi connectivity index (χ3v) is 7.17. The second-order valence-corrected chi connectivity index (χ2v) is 9.89. The van der Waals surface area contributed by atoms with Gasteiger partial charge in [-0.3, -0.25) is 9.59 Å². The van der Waals surface area contributed by atoms with Crippen LogP contribution in [0.2, 0.25) is 5.02 Å². The molecular formula is C26H26ClFN2O3S. The maximum absolute atomic E-state index is 13.5. The molecule has 0 radical (unpaired) electrons. The van der Waals surface area contributed by atoms with Gasteiger partial charge in [-0.2, -0.15) is 0 Å². The van der Waals surface area contributed by atoms with E-state index < -0.39 is 5.82 Å². The van der Waals surface area contributed by atoms with Gasteiger partial charge in [0, 0.05) is 28.0 Å². The lowest BCUT2D eigenvalue weighted by Crippen LogP contribution is -2.49. The molecule has 34 heavy (non-hydrogen) atoms. The van der Waals surface area contributed by atoms with E-state index in [4.69, 9.17) is 16.3 Å². The number of thiophene rings is 1. The van der Waals surface area contributed by atoms with Crippen molar-refractivity contribution in [3.8, 4) is 5.75 Å². The molecular weight excluding hydrogens is 475 g/mol. The molecule has 178 valence electrons. The molecule has 0 aliphatic carbocycles. The van der Waals surface area contributed by atoms with Crippen LogP contribution in [0.25, 0.3) is 0 Å². The minimum Gasteiger partial charge on any atom is -0.491 e. The molecule has 0 unspecified atom stereocenters. The van der Waals surface area contributed by atoms with E-state index in [0.717, 1.165) is 12.0 Å². The summed E-state index contributed by atoms with van der Waals surface area (Å²) in [5.41, 5.74) is 1.43. The van der Waals surface area contributed by atoms with Crippen molar-refractivity contribution < 1.29 is 18.7 Å². The van der Waals surface area contributed by atoms with Gasteiger partial charge in [0.15, 0.2) is 0 Å².